The van der Waals surface area contributed by atoms with Crippen LogP contribution >= 0.6 is 0 Å². The molecule has 0 spiro atoms. The van der Waals surface area contributed by atoms with E-state index < -0.39 is 17.7 Å². The van der Waals surface area contributed by atoms with Crippen molar-refractivity contribution in [3.8, 4) is 0 Å². The Labute approximate surface area is 184 Å². The molecule has 2 N–H and O–H groups in total. The summed E-state index contributed by atoms with van der Waals surface area (Å²) in [5.41, 5.74) is 1.31. The number of aliphatic imine (C=N–C) groups is 1. The average molecular weight is 430 g/mol. The highest BCUT2D eigenvalue weighted by Crippen LogP contribution is 2.25. The van der Waals surface area contributed by atoms with Gasteiger partial charge in [0.1, 0.15) is 11.6 Å². The maximum Gasteiger partial charge on any atom is 0.191 e. The van der Waals surface area contributed by atoms with Gasteiger partial charge in [0, 0.05) is 36.9 Å². The van der Waals surface area contributed by atoms with Crippen LogP contribution in [-0.2, 0) is 0 Å². The lowest BCUT2D eigenvalue weighted by atomic mass is 10.0. The number of guanidine groups is 1. The first-order chi connectivity index (χ1) is 15.0. The van der Waals surface area contributed by atoms with Crippen LogP contribution in [0.15, 0.2) is 53.5 Å². The molecule has 0 bridgehead atoms. The van der Waals surface area contributed by atoms with Gasteiger partial charge in [-0.2, -0.15) is 0 Å². The first-order valence-corrected chi connectivity index (χ1v) is 10.9. The summed E-state index contributed by atoms with van der Waals surface area (Å²) in [6.45, 7) is 4.93. The van der Waals surface area contributed by atoms with Crippen molar-refractivity contribution >= 4 is 11.6 Å². The Kier molecular flexibility index (Phi) is 8.23. The van der Waals surface area contributed by atoms with Gasteiger partial charge < -0.3 is 20.4 Å². The molecule has 1 atom stereocenters. The number of nitrogens with zero attached hydrogens (tertiary/aromatic N) is 3. The van der Waals surface area contributed by atoms with E-state index in [0.717, 1.165) is 32.5 Å². The normalized spacial score (nSPS) is 16.5. The number of halogens is 2. The van der Waals surface area contributed by atoms with Crippen molar-refractivity contribution in [2.24, 2.45) is 4.99 Å². The largest absolute Gasteiger partial charge is 0.371 e. The SMILES string of the molecule is CCNC(=NCC(c1c(F)cccc1F)N(C)C)NC1CCN(c2ccccc2)CC1. The lowest BCUT2D eigenvalue weighted by Gasteiger charge is -2.34. The van der Waals surface area contributed by atoms with Crippen molar-refractivity contribution in [1.82, 2.24) is 15.5 Å². The van der Waals surface area contributed by atoms with E-state index in [4.69, 9.17) is 0 Å². The van der Waals surface area contributed by atoms with Crippen LogP contribution in [0.2, 0.25) is 0 Å². The molecular weight excluding hydrogens is 396 g/mol. The molecule has 1 fully saturated rings. The molecule has 1 unspecified atom stereocenters. The summed E-state index contributed by atoms with van der Waals surface area (Å²) in [4.78, 5) is 8.86. The van der Waals surface area contributed by atoms with Gasteiger partial charge in [0.15, 0.2) is 5.96 Å². The van der Waals surface area contributed by atoms with E-state index in [-0.39, 0.29) is 12.1 Å². The third-order valence-corrected chi connectivity index (χ3v) is 5.68. The van der Waals surface area contributed by atoms with E-state index in [9.17, 15) is 8.78 Å². The Morgan fingerprint density at radius 2 is 1.71 bits per heavy atom. The van der Waals surface area contributed by atoms with Crippen molar-refractivity contribution < 1.29 is 8.78 Å². The molecule has 5 nitrogen and oxygen atoms in total. The quantitative estimate of drug-likeness (QED) is 0.519. The molecule has 0 radical (unpaired) electrons. The molecule has 0 amide bonds. The second-order valence-corrected chi connectivity index (χ2v) is 8.08. The lowest BCUT2D eigenvalue weighted by molar-refractivity contribution is 0.290. The van der Waals surface area contributed by atoms with Crippen molar-refractivity contribution in [3.63, 3.8) is 0 Å². The van der Waals surface area contributed by atoms with Gasteiger partial charge in [0.2, 0.25) is 0 Å². The van der Waals surface area contributed by atoms with Crippen LogP contribution in [0.1, 0.15) is 31.4 Å². The van der Waals surface area contributed by atoms with Crippen molar-refractivity contribution in [2.45, 2.75) is 31.8 Å². The van der Waals surface area contributed by atoms with Crippen LogP contribution in [-0.4, -0.2) is 57.2 Å². The molecule has 0 aromatic heterocycles. The third kappa shape index (κ3) is 6.17. The Balaban J connectivity index is 1.64. The summed E-state index contributed by atoms with van der Waals surface area (Å²) in [7, 11) is 3.62. The van der Waals surface area contributed by atoms with Crippen molar-refractivity contribution in [2.75, 3.05) is 45.2 Å². The average Bonchev–Trinajstić information content (AvgIpc) is 2.76. The van der Waals surface area contributed by atoms with E-state index in [1.54, 1.807) is 4.90 Å². The van der Waals surface area contributed by atoms with Gasteiger partial charge >= 0.3 is 0 Å². The van der Waals surface area contributed by atoms with Gasteiger partial charge in [-0.05, 0) is 58.1 Å². The number of hydrogen-bond acceptors (Lipinski definition) is 3. The van der Waals surface area contributed by atoms with Crippen LogP contribution in [0, 0.1) is 11.6 Å². The van der Waals surface area contributed by atoms with Gasteiger partial charge in [0.25, 0.3) is 0 Å². The van der Waals surface area contributed by atoms with E-state index in [2.05, 4.69) is 44.8 Å². The fourth-order valence-corrected chi connectivity index (χ4v) is 3.95. The summed E-state index contributed by atoms with van der Waals surface area (Å²) in [5.74, 6) is -0.399. The van der Waals surface area contributed by atoms with E-state index >= 15 is 0 Å². The van der Waals surface area contributed by atoms with Gasteiger partial charge in [-0.3, -0.25) is 4.99 Å². The number of hydrogen-bond donors (Lipinski definition) is 2. The van der Waals surface area contributed by atoms with Crippen LogP contribution in [0.5, 0.6) is 0 Å². The number of anilines is 1. The van der Waals surface area contributed by atoms with Crippen LogP contribution in [0.25, 0.3) is 0 Å². The van der Waals surface area contributed by atoms with Crippen molar-refractivity contribution in [1.29, 1.82) is 0 Å². The molecule has 7 heteroatoms. The molecule has 168 valence electrons. The second kappa shape index (κ2) is 11.1. The second-order valence-electron chi connectivity index (χ2n) is 8.08. The zero-order chi connectivity index (χ0) is 22.2. The topological polar surface area (TPSA) is 42.9 Å². The highest BCUT2D eigenvalue weighted by molar-refractivity contribution is 5.80. The fourth-order valence-electron chi connectivity index (χ4n) is 3.95. The van der Waals surface area contributed by atoms with E-state index in [0.29, 0.717) is 12.0 Å². The molecule has 2 aromatic rings. The van der Waals surface area contributed by atoms with E-state index in [1.807, 2.05) is 27.1 Å². The molecule has 1 heterocycles. The Bertz CT molecular complexity index is 828. The summed E-state index contributed by atoms with van der Waals surface area (Å²) in [5, 5.41) is 6.78. The fraction of sp³-hybridized carbons (Fsp3) is 0.458. The van der Waals surface area contributed by atoms with Crippen molar-refractivity contribution in [3.05, 3.63) is 65.7 Å². The summed E-state index contributed by atoms with van der Waals surface area (Å²) < 4.78 is 28.7. The Morgan fingerprint density at radius 3 is 2.29 bits per heavy atom. The maximum absolute atomic E-state index is 14.3. The first kappa shape index (κ1) is 23.0. The monoisotopic (exact) mass is 429 g/mol. The van der Waals surface area contributed by atoms with Crippen LogP contribution in [0.4, 0.5) is 14.5 Å². The lowest BCUT2D eigenvalue weighted by Crippen LogP contribution is -2.49. The van der Waals surface area contributed by atoms with Gasteiger partial charge in [0.05, 0.1) is 12.6 Å². The van der Waals surface area contributed by atoms with Crippen LogP contribution in [0.3, 0.4) is 0 Å². The molecule has 0 saturated carbocycles. The molecule has 2 aromatic carbocycles. The predicted octanol–water partition coefficient (Wildman–Crippen LogP) is 3.79. The molecule has 1 saturated heterocycles. The smallest absolute Gasteiger partial charge is 0.191 e. The number of rotatable bonds is 7. The molecule has 1 aliphatic heterocycles. The molecule has 1 aliphatic rings. The van der Waals surface area contributed by atoms with Gasteiger partial charge in [-0.1, -0.05) is 24.3 Å². The number of benzene rings is 2. The van der Waals surface area contributed by atoms with Crippen LogP contribution < -0.4 is 15.5 Å². The molecular formula is C24H33F2N5. The predicted molar refractivity (Wildman–Crippen MR) is 124 cm³/mol. The Hall–Kier alpha value is -2.67. The Morgan fingerprint density at radius 1 is 1.06 bits per heavy atom. The minimum atomic E-state index is -0.542. The molecule has 31 heavy (non-hydrogen) atoms. The summed E-state index contributed by atoms with van der Waals surface area (Å²) in [6, 6.07) is 14.2. The third-order valence-electron chi connectivity index (χ3n) is 5.68. The van der Waals surface area contributed by atoms with Gasteiger partial charge in [-0.25, -0.2) is 8.78 Å². The first-order valence-electron chi connectivity index (χ1n) is 10.9. The standard InChI is InChI=1S/C24H33F2N5/c1-4-27-24(28-17-22(30(2)3)23-20(25)11-8-12-21(23)26)29-18-13-15-31(16-14-18)19-9-6-5-7-10-19/h5-12,18,22H,4,13-17H2,1-3H3,(H2,27,28,29). The molecule has 0 aliphatic carbocycles. The number of likely N-dealkylation sites (N-methyl/N-ethyl adjacent to an activating group) is 1. The number of para-hydroxylation sites is 1. The summed E-state index contributed by atoms with van der Waals surface area (Å²) in [6.07, 6.45) is 2.00. The number of piperidine rings is 1. The minimum Gasteiger partial charge on any atom is -0.371 e. The van der Waals surface area contributed by atoms with Gasteiger partial charge in [-0.15, -0.1) is 0 Å². The maximum atomic E-state index is 14.3. The zero-order valence-corrected chi connectivity index (χ0v) is 18.6. The number of nitrogens with one attached hydrogen (secondary N) is 2. The summed E-state index contributed by atoms with van der Waals surface area (Å²) >= 11 is 0. The zero-order valence-electron chi connectivity index (χ0n) is 18.6. The minimum absolute atomic E-state index is 0.0586. The molecule has 3 rings (SSSR count). The van der Waals surface area contributed by atoms with E-state index in [1.165, 1.54) is 23.9 Å². The highest BCUT2D eigenvalue weighted by atomic mass is 19.1. The highest BCUT2D eigenvalue weighted by Gasteiger charge is 2.23.